The fraction of sp³-hybridized carbons (Fsp3) is 0.167. The molecule has 0 amide bonds. The first-order chi connectivity index (χ1) is 5.26. The second kappa shape index (κ2) is 2.96. The quantitative estimate of drug-likeness (QED) is 0.628. The lowest BCUT2D eigenvalue weighted by Crippen LogP contribution is -2.04. The Labute approximate surface area is 64.4 Å². The van der Waals surface area contributed by atoms with E-state index in [9.17, 15) is 0 Å². The molecular formula is C6H9N5. The van der Waals surface area contributed by atoms with Crippen LogP contribution in [0.5, 0.6) is 0 Å². The SMILES string of the molecule is C=Cc1nc(N)nc(NC)n1. The second-order valence-electron chi connectivity index (χ2n) is 1.83. The van der Waals surface area contributed by atoms with Gasteiger partial charge in [0.2, 0.25) is 11.9 Å². The van der Waals surface area contributed by atoms with Crippen LogP contribution in [0.15, 0.2) is 6.58 Å². The Balaban J connectivity index is 3.11. The van der Waals surface area contributed by atoms with Gasteiger partial charge in [-0.1, -0.05) is 6.58 Å². The predicted molar refractivity (Wildman–Crippen MR) is 43.9 cm³/mol. The van der Waals surface area contributed by atoms with Gasteiger partial charge in [-0.05, 0) is 6.08 Å². The van der Waals surface area contributed by atoms with Gasteiger partial charge in [0.25, 0.3) is 0 Å². The summed E-state index contributed by atoms with van der Waals surface area (Å²) in [7, 11) is 1.71. The van der Waals surface area contributed by atoms with Gasteiger partial charge in [-0.3, -0.25) is 0 Å². The highest BCUT2D eigenvalue weighted by atomic mass is 15.2. The van der Waals surface area contributed by atoms with Crippen LogP contribution in [0.1, 0.15) is 5.82 Å². The smallest absolute Gasteiger partial charge is 0.227 e. The number of aromatic nitrogens is 3. The average molecular weight is 151 g/mol. The summed E-state index contributed by atoms with van der Waals surface area (Å²) in [6.45, 7) is 3.51. The molecule has 5 nitrogen and oxygen atoms in total. The first kappa shape index (κ1) is 7.46. The van der Waals surface area contributed by atoms with Gasteiger partial charge >= 0.3 is 0 Å². The molecule has 3 N–H and O–H groups in total. The largest absolute Gasteiger partial charge is 0.368 e. The molecule has 1 aromatic rings. The first-order valence-corrected chi connectivity index (χ1v) is 3.08. The van der Waals surface area contributed by atoms with E-state index in [1.165, 1.54) is 6.08 Å². The number of hydrogen-bond acceptors (Lipinski definition) is 5. The summed E-state index contributed by atoms with van der Waals surface area (Å²) in [5.74, 6) is 1.12. The molecule has 0 aliphatic heterocycles. The lowest BCUT2D eigenvalue weighted by atomic mass is 10.6. The summed E-state index contributed by atoms with van der Waals surface area (Å²) in [4.78, 5) is 11.5. The number of nitrogens with one attached hydrogen (secondary N) is 1. The fourth-order valence-electron chi connectivity index (χ4n) is 0.612. The van der Waals surface area contributed by atoms with E-state index in [0.717, 1.165) is 0 Å². The van der Waals surface area contributed by atoms with Crippen molar-refractivity contribution in [3.63, 3.8) is 0 Å². The molecule has 1 rings (SSSR count). The molecule has 0 saturated carbocycles. The lowest BCUT2D eigenvalue weighted by molar-refractivity contribution is 1.04. The van der Waals surface area contributed by atoms with E-state index < -0.39 is 0 Å². The molecule has 1 heterocycles. The maximum Gasteiger partial charge on any atom is 0.227 e. The van der Waals surface area contributed by atoms with E-state index in [0.29, 0.717) is 11.8 Å². The highest BCUT2D eigenvalue weighted by Gasteiger charge is 1.97. The summed E-state index contributed by atoms with van der Waals surface area (Å²) in [5.41, 5.74) is 5.36. The van der Waals surface area contributed by atoms with Crippen LogP contribution in [-0.2, 0) is 0 Å². The molecule has 0 unspecified atom stereocenters. The Morgan fingerprint density at radius 3 is 2.73 bits per heavy atom. The number of rotatable bonds is 2. The van der Waals surface area contributed by atoms with Crippen LogP contribution in [-0.4, -0.2) is 22.0 Å². The highest BCUT2D eigenvalue weighted by Crippen LogP contribution is 2.01. The molecule has 5 heteroatoms. The van der Waals surface area contributed by atoms with Gasteiger partial charge in [-0.25, -0.2) is 0 Å². The standard InChI is InChI=1S/C6H9N5/c1-3-4-9-5(7)11-6(8-2)10-4/h3H,1H2,2H3,(H3,7,8,9,10,11). The molecule has 11 heavy (non-hydrogen) atoms. The predicted octanol–water partition coefficient (Wildman–Crippen LogP) is 0.138. The highest BCUT2D eigenvalue weighted by molar-refractivity contribution is 5.42. The molecule has 0 aliphatic rings. The summed E-state index contributed by atoms with van der Waals surface area (Å²) in [5, 5.41) is 2.75. The van der Waals surface area contributed by atoms with Crippen molar-refractivity contribution in [2.75, 3.05) is 18.1 Å². The monoisotopic (exact) mass is 151 g/mol. The molecule has 0 aliphatic carbocycles. The minimum absolute atomic E-state index is 0.194. The second-order valence-corrected chi connectivity index (χ2v) is 1.83. The van der Waals surface area contributed by atoms with Gasteiger partial charge in [0.1, 0.15) is 0 Å². The minimum Gasteiger partial charge on any atom is -0.368 e. The van der Waals surface area contributed by atoms with Crippen LogP contribution in [0.4, 0.5) is 11.9 Å². The van der Waals surface area contributed by atoms with Gasteiger partial charge in [0.05, 0.1) is 0 Å². The van der Waals surface area contributed by atoms with Crippen LogP contribution < -0.4 is 11.1 Å². The molecule has 0 bridgehead atoms. The van der Waals surface area contributed by atoms with Crippen molar-refractivity contribution in [3.8, 4) is 0 Å². The number of nitrogen functional groups attached to an aromatic ring is 1. The first-order valence-electron chi connectivity index (χ1n) is 3.08. The van der Waals surface area contributed by atoms with Crippen molar-refractivity contribution in [1.29, 1.82) is 0 Å². The van der Waals surface area contributed by atoms with E-state index in [1.807, 2.05) is 0 Å². The summed E-state index contributed by atoms with van der Waals surface area (Å²) in [6.07, 6.45) is 1.51. The number of nitrogens with zero attached hydrogens (tertiary/aromatic N) is 3. The van der Waals surface area contributed by atoms with Crippen LogP contribution in [0, 0.1) is 0 Å². The Morgan fingerprint density at radius 1 is 1.45 bits per heavy atom. The normalized spacial score (nSPS) is 9.18. The van der Waals surface area contributed by atoms with Crippen molar-refractivity contribution >= 4 is 18.0 Å². The van der Waals surface area contributed by atoms with E-state index >= 15 is 0 Å². The van der Waals surface area contributed by atoms with Gasteiger partial charge in [0, 0.05) is 7.05 Å². The number of hydrogen-bond donors (Lipinski definition) is 2. The Morgan fingerprint density at radius 2 is 2.18 bits per heavy atom. The van der Waals surface area contributed by atoms with E-state index in [2.05, 4.69) is 26.8 Å². The van der Waals surface area contributed by atoms with Crippen molar-refractivity contribution in [1.82, 2.24) is 15.0 Å². The zero-order chi connectivity index (χ0) is 8.27. The average Bonchev–Trinajstić information content (AvgIpc) is 2.03. The summed E-state index contributed by atoms with van der Waals surface area (Å²) < 4.78 is 0. The third-order valence-electron chi connectivity index (χ3n) is 1.08. The zero-order valence-electron chi connectivity index (χ0n) is 6.20. The Kier molecular flexibility index (Phi) is 2.00. The zero-order valence-corrected chi connectivity index (χ0v) is 6.20. The van der Waals surface area contributed by atoms with E-state index in [4.69, 9.17) is 5.73 Å². The molecule has 0 atom stereocenters. The minimum atomic E-state index is 0.194. The maximum atomic E-state index is 5.36. The van der Waals surface area contributed by atoms with Crippen molar-refractivity contribution < 1.29 is 0 Å². The maximum absolute atomic E-state index is 5.36. The molecule has 58 valence electrons. The Hall–Kier alpha value is -1.65. The van der Waals surface area contributed by atoms with Crippen LogP contribution in [0.3, 0.4) is 0 Å². The number of anilines is 2. The van der Waals surface area contributed by atoms with Gasteiger partial charge in [-0.2, -0.15) is 15.0 Å². The molecule has 0 fully saturated rings. The van der Waals surface area contributed by atoms with Crippen LogP contribution in [0.2, 0.25) is 0 Å². The van der Waals surface area contributed by atoms with Crippen molar-refractivity contribution in [2.24, 2.45) is 0 Å². The summed E-state index contributed by atoms with van der Waals surface area (Å²) in [6, 6.07) is 0. The molecule has 0 aromatic carbocycles. The fourth-order valence-corrected chi connectivity index (χ4v) is 0.612. The van der Waals surface area contributed by atoms with E-state index in [1.54, 1.807) is 7.05 Å². The molecule has 0 radical (unpaired) electrons. The van der Waals surface area contributed by atoms with Gasteiger partial charge in [-0.15, -0.1) is 0 Å². The van der Waals surface area contributed by atoms with Crippen molar-refractivity contribution in [3.05, 3.63) is 12.4 Å². The van der Waals surface area contributed by atoms with Gasteiger partial charge < -0.3 is 11.1 Å². The summed E-state index contributed by atoms with van der Waals surface area (Å²) >= 11 is 0. The van der Waals surface area contributed by atoms with E-state index in [-0.39, 0.29) is 5.95 Å². The van der Waals surface area contributed by atoms with Crippen molar-refractivity contribution in [2.45, 2.75) is 0 Å². The topological polar surface area (TPSA) is 76.7 Å². The van der Waals surface area contributed by atoms with Gasteiger partial charge in [0.15, 0.2) is 5.82 Å². The molecule has 1 aromatic heterocycles. The lowest BCUT2D eigenvalue weighted by Gasteiger charge is -1.99. The number of nitrogens with two attached hydrogens (primary N) is 1. The third-order valence-corrected chi connectivity index (χ3v) is 1.08. The van der Waals surface area contributed by atoms with Crippen LogP contribution in [0.25, 0.3) is 6.08 Å². The van der Waals surface area contributed by atoms with Crippen LogP contribution >= 0.6 is 0 Å². The molecule has 0 spiro atoms. The molecular weight excluding hydrogens is 142 g/mol. The Bertz CT molecular complexity index is 270. The molecule has 0 saturated heterocycles. The third kappa shape index (κ3) is 1.64.